The first kappa shape index (κ1) is 12.4. The standard InChI is InChI=1S/C14H28N2/c1-4-16(5-2)10-11(3)15-9-14-12-7-6-8-13(12)14/h11-15H,4-10H2,1-3H3. The number of rotatable bonds is 7. The number of nitrogens with zero attached hydrogens (tertiary/aromatic N) is 1. The fourth-order valence-corrected chi connectivity index (χ4v) is 3.54. The van der Waals surface area contributed by atoms with Gasteiger partial charge in [0.25, 0.3) is 0 Å². The average Bonchev–Trinajstić information content (AvgIpc) is 2.74. The van der Waals surface area contributed by atoms with Crippen LogP contribution in [0.4, 0.5) is 0 Å². The predicted octanol–water partition coefficient (Wildman–Crippen LogP) is 2.35. The van der Waals surface area contributed by atoms with Crippen LogP contribution in [-0.4, -0.2) is 37.1 Å². The molecule has 0 heterocycles. The zero-order chi connectivity index (χ0) is 11.5. The maximum Gasteiger partial charge on any atom is 0.0166 e. The molecule has 0 aromatic heterocycles. The third kappa shape index (κ3) is 2.78. The number of likely N-dealkylation sites (N-methyl/N-ethyl adjacent to an activating group) is 1. The first-order valence-electron chi connectivity index (χ1n) is 7.22. The van der Waals surface area contributed by atoms with E-state index in [1.54, 1.807) is 0 Å². The van der Waals surface area contributed by atoms with Gasteiger partial charge < -0.3 is 10.2 Å². The van der Waals surface area contributed by atoms with Gasteiger partial charge >= 0.3 is 0 Å². The van der Waals surface area contributed by atoms with Crippen LogP contribution < -0.4 is 5.32 Å². The topological polar surface area (TPSA) is 15.3 Å². The molecule has 3 unspecified atom stereocenters. The third-order valence-corrected chi connectivity index (χ3v) is 4.71. The number of fused-ring (bicyclic) bond motifs is 1. The Morgan fingerprint density at radius 2 is 1.81 bits per heavy atom. The molecule has 0 radical (unpaired) electrons. The molecule has 0 aromatic carbocycles. The van der Waals surface area contributed by atoms with E-state index in [0.29, 0.717) is 6.04 Å². The van der Waals surface area contributed by atoms with Crippen molar-refractivity contribution >= 4 is 0 Å². The van der Waals surface area contributed by atoms with Crippen LogP contribution in [0.1, 0.15) is 40.0 Å². The van der Waals surface area contributed by atoms with Crippen LogP contribution in [-0.2, 0) is 0 Å². The smallest absolute Gasteiger partial charge is 0.0166 e. The van der Waals surface area contributed by atoms with Crippen LogP contribution in [0.15, 0.2) is 0 Å². The van der Waals surface area contributed by atoms with Gasteiger partial charge in [0, 0.05) is 12.6 Å². The van der Waals surface area contributed by atoms with Gasteiger partial charge in [0.05, 0.1) is 0 Å². The molecule has 2 aliphatic rings. The van der Waals surface area contributed by atoms with Crippen LogP contribution in [0, 0.1) is 17.8 Å². The molecule has 1 N–H and O–H groups in total. The second-order valence-electron chi connectivity index (χ2n) is 5.72. The first-order chi connectivity index (χ1) is 7.76. The summed E-state index contributed by atoms with van der Waals surface area (Å²) < 4.78 is 0. The maximum absolute atomic E-state index is 3.73. The lowest BCUT2D eigenvalue weighted by Crippen LogP contribution is -2.40. The van der Waals surface area contributed by atoms with E-state index in [0.717, 1.165) is 17.8 Å². The monoisotopic (exact) mass is 224 g/mol. The fourth-order valence-electron chi connectivity index (χ4n) is 3.54. The molecule has 94 valence electrons. The van der Waals surface area contributed by atoms with E-state index in [9.17, 15) is 0 Å². The molecule has 2 fully saturated rings. The Bertz CT molecular complexity index is 203. The quantitative estimate of drug-likeness (QED) is 0.714. The van der Waals surface area contributed by atoms with Gasteiger partial charge in [-0.05, 0) is 57.2 Å². The summed E-state index contributed by atoms with van der Waals surface area (Å²) in [5, 5.41) is 3.73. The lowest BCUT2D eigenvalue weighted by Gasteiger charge is -2.23. The Morgan fingerprint density at radius 1 is 1.19 bits per heavy atom. The highest BCUT2D eigenvalue weighted by atomic mass is 15.1. The van der Waals surface area contributed by atoms with Crippen molar-refractivity contribution in [2.24, 2.45) is 17.8 Å². The molecule has 0 spiro atoms. The number of hydrogen-bond acceptors (Lipinski definition) is 2. The summed E-state index contributed by atoms with van der Waals surface area (Å²) >= 11 is 0. The minimum atomic E-state index is 0.654. The highest BCUT2D eigenvalue weighted by Crippen LogP contribution is 2.57. The summed E-state index contributed by atoms with van der Waals surface area (Å²) in [7, 11) is 0. The zero-order valence-corrected chi connectivity index (χ0v) is 11.2. The molecule has 2 saturated carbocycles. The van der Waals surface area contributed by atoms with Crippen molar-refractivity contribution in [3.8, 4) is 0 Å². The van der Waals surface area contributed by atoms with Gasteiger partial charge in [0.15, 0.2) is 0 Å². The summed E-state index contributed by atoms with van der Waals surface area (Å²) in [6.07, 6.45) is 4.53. The lowest BCUT2D eigenvalue weighted by molar-refractivity contribution is 0.269. The van der Waals surface area contributed by atoms with E-state index >= 15 is 0 Å². The fraction of sp³-hybridized carbons (Fsp3) is 1.00. The summed E-state index contributed by atoms with van der Waals surface area (Å²) in [6, 6.07) is 0.654. The Hall–Kier alpha value is -0.0800. The molecule has 0 bridgehead atoms. The van der Waals surface area contributed by atoms with Crippen LogP contribution in [0.5, 0.6) is 0 Å². The first-order valence-corrected chi connectivity index (χ1v) is 7.22. The zero-order valence-electron chi connectivity index (χ0n) is 11.2. The molecule has 3 atom stereocenters. The highest BCUT2D eigenvalue weighted by molar-refractivity contribution is 5.02. The van der Waals surface area contributed by atoms with E-state index in [2.05, 4.69) is 31.0 Å². The van der Waals surface area contributed by atoms with Crippen LogP contribution in [0.2, 0.25) is 0 Å². The summed E-state index contributed by atoms with van der Waals surface area (Å²) in [5.74, 6) is 3.24. The van der Waals surface area contributed by atoms with Gasteiger partial charge in [-0.3, -0.25) is 0 Å². The van der Waals surface area contributed by atoms with Gasteiger partial charge in [0.1, 0.15) is 0 Å². The summed E-state index contributed by atoms with van der Waals surface area (Å²) in [5.41, 5.74) is 0. The predicted molar refractivity (Wildman–Crippen MR) is 69.6 cm³/mol. The molecular formula is C14H28N2. The molecule has 2 heteroatoms. The second kappa shape index (κ2) is 5.50. The van der Waals surface area contributed by atoms with Crippen LogP contribution in [0.25, 0.3) is 0 Å². The minimum absolute atomic E-state index is 0.654. The Labute approximate surface area is 101 Å². The van der Waals surface area contributed by atoms with E-state index in [-0.39, 0.29) is 0 Å². The van der Waals surface area contributed by atoms with Crippen molar-refractivity contribution in [1.82, 2.24) is 10.2 Å². The van der Waals surface area contributed by atoms with Crippen molar-refractivity contribution in [3.63, 3.8) is 0 Å². The van der Waals surface area contributed by atoms with Crippen molar-refractivity contribution < 1.29 is 0 Å². The summed E-state index contributed by atoms with van der Waals surface area (Å²) in [4.78, 5) is 2.51. The van der Waals surface area contributed by atoms with Crippen LogP contribution in [0.3, 0.4) is 0 Å². The minimum Gasteiger partial charge on any atom is -0.313 e. The van der Waals surface area contributed by atoms with E-state index < -0.39 is 0 Å². The van der Waals surface area contributed by atoms with Gasteiger partial charge in [-0.15, -0.1) is 0 Å². The van der Waals surface area contributed by atoms with E-state index in [1.165, 1.54) is 45.4 Å². The molecular weight excluding hydrogens is 196 g/mol. The molecule has 0 amide bonds. The highest BCUT2D eigenvalue weighted by Gasteiger charge is 2.51. The van der Waals surface area contributed by atoms with Gasteiger partial charge in [0.2, 0.25) is 0 Å². The molecule has 0 aliphatic heterocycles. The van der Waals surface area contributed by atoms with Crippen molar-refractivity contribution in [2.75, 3.05) is 26.2 Å². The van der Waals surface area contributed by atoms with Gasteiger partial charge in [-0.25, -0.2) is 0 Å². The molecule has 2 rings (SSSR count). The largest absolute Gasteiger partial charge is 0.313 e. The third-order valence-electron chi connectivity index (χ3n) is 4.71. The SMILES string of the molecule is CCN(CC)CC(C)NCC1C2CCCC21. The Kier molecular flexibility index (Phi) is 4.26. The average molecular weight is 224 g/mol. The number of hydrogen-bond donors (Lipinski definition) is 1. The normalized spacial score (nSPS) is 34.1. The molecule has 0 saturated heterocycles. The Balaban J connectivity index is 1.59. The molecule has 2 aliphatic carbocycles. The van der Waals surface area contributed by atoms with Crippen molar-refractivity contribution in [2.45, 2.75) is 46.1 Å². The van der Waals surface area contributed by atoms with Crippen molar-refractivity contribution in [3.05, 3.63) is 0 Å². The van der Waals surface area contributed by atoms with Crippen molar-refractivity contribution in [1.29, 1.82) is 0 Å². The van der Waals surface area contributed by atoms with Gasteiger partial charge in [-0.2, -0.15) is 0 Å². The van der Waals surface area contributed by atoms with Crippen LogP contribution >= 0.6 is 0 Å². The maximum atomic E-state index is 3.73. The van der Waals surface area contributed by atoms with E-state index in [4.69, 9.17) is 0 Å². The second-order valence-corrected chi connectivity index (χ2v) is 5.72. The number of nitrogens with one attached hydrogen (secondary N) is 1. The van der Waals surface area contributed by atoms with E-state index in [1.807, 2.05) is 0 Å². The van der Waals surface area contributed by atoms with Gasteiger partial charge in [-0.1, -0.05) is 20.3 Å². The molecule has 16 heavy (non-hydrogen) atoms. The molecule has 2 nitrogen and oxygen atoms in total. The summed E-state index contributed by atoms with van der Waals surface area (Å²) in [6.45, 7) is 11.7. The molecule has 0 aromatic rings. The lowest BCUT2D eigenvalue weighted by atomic mass is 10.1. The Morgan fingerprint density at radius 3 is 2.38 bits per heavy atom.